The Balaban J connectivity index is 1.19. The van der Waals surface area contributed by atoms with E-state index >= 15 is 0 Å². The van der Waals surface area contributed by atoms with Crippen LogP contribution in [0.1, 0.15) is 33.4 Å². The van der Waals surface area contributed by atoms with Gasteiger partial charge in [-0.25, -0.2) is 0 Å². The van der Waals surface area contributed by atoms with Crippen LogP contribution in [0.3, 0.4) is 0 Å². The van der Waals surface area contributed by atoms with Gasteiger partial charge in [0, 0.05) is 0 Å². The van der Waals surface area contributed by atoms with Crippen LogP contribution >= 0.6 is 0 Å². The summed E-state index contributed by atoms with van der Waals surface area (Å²) in [5, 5.41) is 8.77. The molecule has 0 saturated heterocycles. The first-order valence-corrected chi connectivity index (χ1v) is 17.9. The van der Waals surface area contributed by atoms with Crippen molar-refractivity contribution in [3.8, 4) is 66.8 Å². The van der Waals surface area contributed by atoms with Crippen LogP contribution in [-0.4, -0.2) is 0 Å². The molecule has 0 fully saturated rings. The average molecular weight is 625 g/mol. The summed E-state index contributed by atoms with van der Waals surface area (Å²) in [6.07, 6.45) is 0. The number of benzene rings is 9. The Morgan fingerprint density at radius 3 is 0.580 bits per heavy atom. The molecule has 9 aromatic carbocycles. The highest BCUT2D eigenvalue weighted by Gasteiger charge is 2.70. The van der Waals surface area contributed by atoms with E-state index < -0.39 is 0 Å². The van der Waals surface area contributed by atoms with Crippen molar-refractivity contribution in [1.82, 2.24) is 0 Å². The zero-order valence-corrected chi connectivity index (χ0v) is 26.9. The largest absolute Gasteiger partial charge is 0.0648 e. The molecule has 15 rings (SSSR count). The van der Waals surface area contributed by atoms with Crippen LogP contribution < -0.4 is 0 Å². The summed E-state index contributed by atoms with van der Waals surface area (Å²) in [6, 6.07) is 57.1. The molecule has 0 aromatic heterocycles. The third-order valence-corrected chi connectivity index (χ3v) is 14.0. The minimum Gasteiger partial charge on any atom is -0.0616 e. The zero-order chi connectivity index (χ0) is 31.8. The van der Waals surface area contributed by atoms with Crippen LogP contribution in [0.2, 0.25) is 0 Å². The summed E-state index contributed by atoms with van der Waals surface area (Å²) in [5.41, 5.74) is 24.6. The molecule has 0 N–H and O–H groups in total. The quantitative estimate of drug-likeness (QED) is 0.157. The second-order valence-electron chi connectivity index (χ2n) is 15.4. The molecule has 0 bridgehead atoms. The lowest BCUT2D eigenvalue weighted by Gasteiger charge is -2.40. The van der Waals surface area contributed by atoms with Gasteiger partial charge >= 0.3 is 0 Å². The predicted octanol–water partition coefficient (Wildman–Crippen LogP) is 12.4. The lowest BCUT2D eigenvalue weighted by atomic mass is 9.59. The fraction of sp³-hybridized carbons (Fsp3) is 0.0400. The highest BCUT2D eigenvalue weighted by molar-refractivity contribution is 6.27. The Morgan fingerprint density at radius 2 is 0.380 bits per heavy atom. The molecule has 0 amide bonds. The minimum absolute atomic E-state index is 0.371. The summed E-state index contributed by atoms with van der Waals surface area (Å²) in [6.45, 7) is 0. The first-order valence-electron chi connectivity index (χ1n) is 17.9. The van der Waals surface area contributed by atoms with Gasteiger partial charge in [-0.05, 0) is 132 Å². The molecule has 6 aliphatic rings. The topological polar surface area (TPSA) is 0 Å². The van der Waals surface area contributed by atoms with E-state index in [4.69, 9.17) is 0 Å². The maximum Gasteiger partial charge on any atom is 0.0648 e. The first-order chi connectivity index (χ1) is 24.8. The van der Waals surface area contributed by atoms with Crippen LogP contribution in [0.5, 0.6) is 0 Å². The summed E-state index contributed by atoms with van der Waals surface area (Å²) >= 11 is 0. The fourth-order valence-corrected chi connectivity index (χ4v) is 12.6. The van der Waals surface area contributed by atoms with Crippen molar-refractivity contribution < 1.29 is 0 Å². The Morgan fingerprint density at radius 1 is 0.180 bits per heavy atom. The summed E-state index contributed by atoms with van der Waals surface area (Å²) in [5.74, 6) is 0. The first kappa shape index (κ1) is 24.0. The molecule has 0 unspecified atom stereocenters. The standard InChI is InChI=1S/C50H24/c1-2-8-26-25(7-1)31-13-19-37-46-38(20-14-32(26)43(31)46)50-41-23-17-35-29-11-5-3-9-27(29)33-15-21-39(47(41)44(33)35)49(37,50)40-22-16-34-28-10-4-6-12-30(28)36-18-24-42(50)48(40)45(34)36/h1-24H. The van der Waals surface area contributed by atoms with Gasteiger partial charge < -0.3 is 0 Å². The van der Waals surface area contributed by atoms with E-state index in [1.807, 2.05) is 0 Å². The molecule has 0 heterocycles. The molecule has 0 saturated carbocycles. The Bertz CT molecular complexity index is 2710. The predicted molar refractivity (Wildman–Crippen MR) is 205 cm³/mol. The van der Waals surface area contributed by atoms with Gasteiger partial charge in [-0.1, -0.05) is 146 Å². The molecule has 0 heteroatoms. The maximum absolute atomic E-state index is 2.54. The molecule has 0 atom stereocenters. The Hall–Kier alpha value is -6.24. The molecule has 9 aromatic rings. The second kappa shape index (κ2) is 7.20. The molecule has 0 radical (unpaired) electrons. The highest BCUT2D eigenvalue weighted by Crippen LogP contribution is 2.78. The molecule has 0 aliphatic heterocycles. The van der Waals surface area contributed by atoms with Gasteiger partial charge in [0.25, 0.3) is 0 Å². The molecule has 0 spiro atoms. The van der Waals surface area contributed by atoms with Crippen LogP contribution in [0.15, 0.2) is 146 Å². The third kappa shape index (κ3) is 2.01. The summed E-state index contributed by atoms with van der Waals surface area (Å²) < 4.78 is 0. The lowest BCUT2D eigenvalue weighted by molar-refractivity contribution is 0.492. The molecule has 224 valence electrons. The van der Waals surface area contributed by atoms with Gasteiger partial charge in [0.15, 0.2) is 0 Å². The normalized spacial score (nSPS) is 20.2. The van der Waals surface area contributed by atoms with Gasteiger partial charge in [-0.3, -0.25) is 0 Å². The van der Waals surface area contributed by atoms with Gasteiger partial charge in [-0.2, -0.15) is 0 Å². The van der Waals surface area contributed by atoms with Crippen LogP contribution in [-0.2, 0) is 10.8 Å². The van der Waals surface area contributed by atoms with Crippen LogP contribution in [0.25, 0.3) is 99.1 Å². The molecule has 50 heavy (non-hydrogen) atoms. The van der Waals surface area contributed by atoms with E-state index in [0.29, 0.717) is 0 Å². The van der Waals surface area contributed by atoms with E-state index in [9.17, 15) is 0 Å². The van der Waals surface area contributed by atoms with E-state index in [0.717, 1.165) is 0 Å². The Labute approximate surface area is 287 Å². The van der Waals surface area contributed by atoms with Crippen molar-refractivity contribution in [3.05, 3.63) is 179 Å². The van der Waals surface area contributed by atoms with Gasteiger partial charge in [0.1, 0.15) is 0 Å². The molecular weight excluding hydrogens is 601 g/mol. The van der Waals surface area contributed by atoms with Crippen LogP contribution in [0, 0.1) is 0 Å². The maximum atomic E-state index is 2.54. The van der Waals surface area contributed by atoms with Crippen molar-refractivity contribution >= 4 is 32.3 Å². The van der Waals surface area contributed by atoms with E-state index in [2.05, 4.69) is 146 Å². The summed E-state index contributed by atoms with van der Waals surface area (Å²) in [7, 11) is 0. The molecule has 6 aliphatic carbocycles. The van der Waals surface area contributed by atoms with E-state index in [1.54, 1.807) is 0 Å². The van der Waals surface area contributed by atoms with Gasteiger partial charge in [0.05, 0.1) is 10.8 Å². The van der Waals surface area contributed by atoms with Crippen molar-refractivity contribution in [1.29, 1.82) is 0 Å². The van der Waals surface area contributed by atoms with Crippen molar-refractivity contribution in [2.75, 3.05) is 0 Å². The van der Waals surface area contributed by atoms with Gasteiger partial charge in [-0.15, -0.1) is 0 Å². The second-order valence-corrected chi connectivity index (χ2v) is 15.4. The third-order valence-electron chi connectivity index (χ3n) is 14.0. The average Bonchev–Trinajstić information content (AvgIpc) is 3.95. The molecular formula is C50H24. The highest BCUT2D eigenvalue weighted by atomic mass is 14.7. The van der Waals surface area contributed by atoms with Crippen molar-refractivity contribution in [3.63, 3.8) is 0 Å². The van der Waals surface area contributed by atoms with Crippen molar-refractivity contribution in [2.24, 2.45) is 0 Å². The SMILES string of the molecule is c1ccc2c(c1)-c1ccc3c4c(ccc-2c14)C12c4ccc5c6c(ccc(c46)C31c1ccc3c4c(ccc2c14)-c1ccccc1-3)-c1ccccc1-5. The zero-order valence-electron chi connectivity index (χ0n) is 26.9. The van der Waals surface area contributed by atoms with E-state index in [-0.39, 0.29) is 10.8 Å². The van der Waals surface area contributed by atoms with Crippen molar-refractivity contribution in [2.45, 2.75) is 10.8 Å². The number of fused-ring (bicyclic) bond motifs is 9. The lowest BCUT2D eigenvalue weighted by Crippen LogP contribution is -2.42. The Kier molecular flexibility index (Phi) is 3.45. The fourth-order valence-electron chi connectivity index (χ4n) is 12.6. The van der Waals surface area contributed by atoms with Gasteiger partial charge in [0.2, 0.25) is 0 Å². The monoisotopic (exact) mass is 624 g/mol. The minimum atomic E-state index is -0.371. The van der Waals surface area contributed by atoms with E-state index in [1.165, 1.54) is 132 Å². The smallest absolute Gasteiger partial charge is 0.0616 e. The number of hydrogen-bond acceptors (Lipinski definition) is 0. The summed E-state index contributed by atoms with van der Waals surface area (Å²) in [4.78, 5) is 0. The number of rotatable bonds is 0. The molecule has 0 nitrogen and oxygen atoms in total. The van der Waals surface area contributed by atoms with Crippen LogP contribution in [0.4, 0.5) is 0 Å². The number of hydrogen-bond donors (Lipinski definition) is 0.